The molecule has 134 valence electrons. The lowest BCUT2D eigenvalue weighted by molar-refractivity contribution is 0.304. The Bertz CT molecular complexity index is 1050. The van der Waals surface area contributed by atoms with Crippen molar-refractivity contribution >= 4 is 28.1 Å². The number of halogens is 1. The highest BCUT2D eigenvalue weighted by atomic mass is 35.5. The van der Waals surface area contributed by atoms with E-state index < -0.39 is 0 Å². The molecule has 4 aromatic carbocycles. The van der Waals surface area contributed by atoms with E-state index in [-0.39, 0.29) is 0 Å². The molecule has 0 amide bonds. The monoisotopic (exact) mass is 373 g/mol. The lowest BCUT2D eigenvalue weighted by atomic mass is 10.0. The normalized spacial score (nSPS) is 10.7. The van der Waals surface area contributed by atoms with Crippen LogP contribution in [0.5, 0.6) is 5.75 Å². The Morgan fingerprint density at radius 1 is 0.778 bits per heavy atom. The van der Waals surface area contributed by atoms with E-state index in [0.717, 1.165) is 27.6 Å². The summed E-state index contributed by atoms with van der Waals surface area (Å²) < 4.78 is 6.18. The van der Waals surface area contributed by atoms with Crippen molar-refractivity contribution in [1.82, 2.24) is 0 Å². The van der Waals surface area contributed by atoms with Crippen LogP contribution in [0.2, 0.25) is 5.02 Å². The van der Waals surface area contributed by atoms with Crippen molar-refractivity contribution in [3.8, 4) is 5.75 Å². The topological polar surface area (TPSA) is 21.3 Å². The van der Waals surface area contributed by atoms with Crippen LogP contribution in [0.3, 0.4) is 0 Å². The smallest absolute Gasteiger partial charge is 0.125 e. The summed E-state index contributed by atoms with van der Waals surface area (Å²) in [7, 11) is 0. The number of rotatable bonds is 6. The number of benzene rings is 4. The van der Waals surface area contributed by atoms with Crippen molar-refractivity contribution in [2.45, 2.75) is 13.2 Å². The SMILES string of the molecule is Clc1cccc(COc2ccc3ccccc3c2CNc2ccccc2)c1. The van der Waals surface area contributed by atoms with Crippen LogP contribution in [0.4, 0.5) is 5.69 Å². The number of ether oxygens (including phenoxy) is 1. The van der Waals surface area contributed by atoms with E-state index >= 15 is 0 Å². The molecular weight excluding hydrogens is 354 g/mol. The van der Waals surface area contributed by atoms with Crippen LogP contribution < -0.4 is 10.1 Å². The van der Waals surface area contributed by atoms with Gasteiger partial charge in [0.05, 0.1) is 0 Å². The van der Waals surface area contributed by atoms with Crippen LogP contribution in [-0.2, 0) is 13.2 Å². The Labute approximate surface area is 164 Å². The van der Waals surface area contributed by atoms with Crippen molar-refractivity contribution in [2.75, 3.05) is 5.32 Å². The van der Waals surface area contributed by atoms with E-state index in [1.54, 1.807) is 0 Å². The van der Waals surface area contributed by atoms with E-state index in [1.807, 2.05) is 42.5 Å². The van der Waals surface area contributed by atoms with Crippen LogP contribution in [0, 0.1) is 0 Å². The lowest BCUT2D eigenvalue weighted by Gasteiger charge is -2.16. The molecular formula is C24H20ClNO. The highest BCUT2D eigenvalue weighted by Gasteiger charge is 2.09. The molecule has 1 N–H and O–H groups in total. The number of para-hydroxylation sites is 1. The summed E-state index contributed by atoms with van der Waals surface area (Å²) in [5, 5.41) is 6.63. The predicted octanol–water partition coefficient (Wildman–Crippen LogP) is 6.68. The van der Waals surface area contributed by atoms with Crippen molar-refractivity contribution in [3.63, 3.8) is 0 Å². The maximum Gasteiger partial charge on any atom is 0.125 e. The van der Waals surface area contributed by atoms with E-state index in [1.165, 1.54) is 10.8 Å². The highest BCUT2D eigenvalue weighted by molar-refractivity contribution is 6.30. The molecule has 0 saturated heterocycles. The van der Waals surface area contributed by atoms with Gasteiger partial charge in [0.2, 0.25) is 0 Å². The average Bonchev–Trinajstić information content (AvgIpc) is 2.71. The summed E-state index contributed by atoms with van der Waals surface area (Å²) in [5.74, 6) is 0.886. The molecule has 4 rings (SSSR count). The van der Waals surface area contributed by atoms with Crippen LogP contribution in [0.25, 0.3) is 10.8 Å². The van der Waals surface area contributed by atoms with Crippen LogP contribution in [0.1, 0.15) is 11.1 Å². The van der Waals surface area contributed by atoms with Gasteiger partial charge in [-0.2, -0.15) is 0 Å². The first-order valence-electron chi connectivity index (χ1n) is 8.96. The Balaban J connectivity index is 1.62. The molecule has 0 aliphatic carbocycles. The number of anilines is 1. The molecule has 0 radical (unpaired) electrons. The number of hydrogen-bond acceptors (Lipinski definition) is 2. The molecule has 0 unspecified atom stereocenters. The fourth-order valence-electron chi connectivity index (χ4n) is 3.17. The van der Waals surface area contributed by atoms with E-state index in [4.69, 9.17) is 16.3 Å². The van der Waals surface area contributed by atoms with Gasteiger partial charge in [-0.15, -0.1) is 0 Å². The average molecular weight is 374 g/mol. The molecule has 0 fully saturated rings. The fourth-order valence-corrected chi connectivity index (χ4v) is 3.38. The Morgan fingerprint density at radius 3 is 2.44 bits per heavy atom. The minimum Gasteiger partial charge on any atom is -0.489 e. The lowest BCUT2D eigenvalue weighted by Crippen LogP contribution is -2.04. The number of hydrogen-bond donors (Lipinski definition) is 1. The zero-order chi connectivity index (χ0) is 18.5. The molecule has 3 heteroatoms. The van der Waals surface area contributed by atoms with E-state index in [9.17, 15) is 0 Å². The minimum absolute atomic E-state index is 0.483. The molecule has 0 heterocycles. The summed E-state index contributed by atoms with van der Waals surface area (Å²) in [6, 6.07) is 30.5. The second-order valence-electron chi connectivity index (χ2n) is 6.40. The molecule has 0 aliphatic heterocycles. The highest BCUT2D eigenvalue weighted by Crippen LogP contribution is 2.30. The molecule has 0 atom stereocenters. The molecule has 2 nitrogen and oxygen atoms in total. The minimum atomic E-state index is 0.483. The van der Waals surface area contributed by atoms with Gasteiger partial charge < -0.3 is 10.1 Å². The summed E-state index contributed by atoms with van der Waals surface area (Å²) in [5.41, 5.74) is 3.29. The van der Waals surface area contributed by atoms with Crippen LogP contribution in [-0.4, -0.2) is 0 Å². The number of nitrogens with one attached hydrogen (secondary N) is 1. The number of fused-ring (bicyclic) bond motifs is 1. The maximum atomic E-state index is 6.18. The van der Waals surface area contributed by atoms with Crippen LogP contribution in [0.15, 0.2) is 91.0 Å². The van der Waals surface area contributed by atoms with Gasteiger partial charge in [-0.05, 0) is 46.7 Å². The first kappa shape index (κ1) is 17.4. The summed E-state index contributed by atoms with van der Waals surface area (Å²) in [6.45, 7) is 1.17. The largest absolute Gasteiger partial charge is 0.489 e. The summed E-state index contributed by atoms with van der Waals surface area (Å²) >= 11 is 6.09. The van der Waals surface area contributed by atoms with Gasteiger partial charge in [0.15, 0.2) is 0 Å². The quantitative estimate of drug-likeness (QED) is 0.406. The molecule has 0 saturated carbocycles. The van der Waals surface area contributed by atoms with Gasteiger partial charge in [-0.25, -0.2) is 0 Å². The second-order valence-corrected chi connectivity index (χ2v) is 6.84. The molecule has 0 bridgehead atoms. The fraction of sp³-hybridized carbons (Fsp3) is 0.0833. The summed E-state index contributed by atoms with van der Waals surface area (Å²) in [6.07, 6.45) is 0. The molecule has 0 spiro atoms. The third kappa shape index (κ3) is 4.24. The molecule has 27 heavy (non-hydrogen) atoms. The molecule has 0 aliphatic rings. The van der Waals surface area contributed by atoms with Crippen molar-refractivity contribution in [2.24, 2.45) is 0 Å². The zero-order valence-electron chi connectivity index (χ0n) is 14.9. The first-order valence-corrected chi connectivity index (χ1v) is 9.34. The third-order valence-corrected chi connectivity index (χ3v) is 4.76. The molecule has 0 aromatic heterocycles. The Morgan fingerprint density at radius 2 is 1.59 bits per heavy atom. The Hall–Kier alpha value is -2.97. The first-order chi connectivity index (χ1) is 13.3. The van der Waals surface area contributed by atoms with Gasteiger partial charge in [0.25, 0.3) is 0 Å². The van der Waals surface area contributed by atoms with Gasteiger partial charge in [0.1, 0.15) is 12.4 Å². The maximum absolute atomic E-state index is 6.18. The van der Waals surface area contributed by atoms with Gasteiger partial charge >= 0.3 is 0 Å². The Kier molecular flexibility index (Phi) is 5.27. The van der Waals surface area contributed by atoms with E-state index in [0.29, 0.717) is 13.2 Å². The van der Waals surface area contributed by atoms with E-state index in [2.05, 4.69) is 53.8 Å². The standard InChI is InChI=1S/C24H20ClNO/c25-20-9-6-7-18(15-20)17-27-24-14-13-19-8-4-5-12-22(19)23(24)16-26-21-10-2-1-3-11-21/h1-15,26H,16-17H2. The van der Waals surface area contributed by atoms with Crippen molar-refractivity contribution in [1.29, 1.82) is 0 Å². The van der Waals surface area contributed by atoms with Crippen LogP contribution >= 0.6 is 11.6 Å². The van der Waals surface area contributed by atoms with Crippen molar-refractivity contribution < 1.29 is 4.74 Å². The van der Waals surface area contributed by atoms with Gasteiger partial charge in [-0.1, -0.05) is 72.3 Å². The van der Waals surface area contributed by atoms with Crippen molar-refractivity contribution in [3.05, 3.63) is 107 Å². The zero-order valence-corrected chi connectivity index (χ0v) is 15.6. The third-order valence-electron chi connectivity index (χ3n) is 4.52. The molecule has 4 aromatic rings. The summed E-state index contributed by atoms with van der Waals surface area (Å²) in [4.78, 5) is 0. The second kappa shape index (κ2) is 8.15. The van der Waals surface area contributed by atoms with Gasteiger partial charge in [-0.3, -0.25) is 0 Å². The predicted molar refractivity (Wildman–Crippen MR) is 114 cm³/mol. The van der Waals surface area contributed by atoms with Gasteiger partial charge in [0, 0.05) is 22.8 Å².